The van der Waals surface area contributed by atoms with Crippen molar-refractivity contribution in [1.29, 1.82) is 0 Å². The Bertz CT molecular complexity index is 1970. The van der Waals surface area contributed by atoms with Crippen LogP contribution < -0.4 is 25.1 Å². The molecule has 0 aliphatic heterocycles. The number of benzene rings is 4. The third-order valence-electron chi connectivity index (χ3n) is 7.25. The minimum Gasteiger partial charge on any atom is -0.496 e. The van der Waals surface area contributed by atoms with E-state index < -0.39 is 0 Å². The van der Waals surface area contributed by atoms with Crippen molar-refractivity contribution >= 4 is 44.6 Å². The molecule has 46 heavy (non-hydrogen) atoms. The Morgan fingerprint density at radius 2 is 1.76 bits per heavy atom. The molecular formula is C36H35BrN4O5. The molecule has 0 aliphatic carbocycles. The van der Waals surface area contributed by atoms with Gasteiger partial charge in [0.1, 0.15) is 5.75 Å². The van der Waals surface area contributed by atoms with Crippen LogP contribution in [0.3, 0.4) is 0 Å². The first-order chi connectivity index (χ1) is 22.2. The highest BCUT2D eigenvalue weighted by molar-refractivity contribution is 9.10. The second-order valence-corrected chi connectivity index (χ2v) is 11.7. The van der Waals surface area contributed by atoms with Gasteiger partial charge in [0.2, 0.25) is 0 Å². The van der Waals surface area contributed by atoms with Gasteiger partial charge in [-0.3, -0.25) is 9.59 Å². The molecule has 0 unspecified atom stereocenters. The zero-order valence-electron chi connectivity index (χ0n) is 26.3. The standard InChI is InChI=1S/C36H35BrN4O5/c1-6-45-32-18-24(17-29(37)34(32)46-21-33(42)39-25-12-8-7-9-13-25)20-38-41-35(40-30-15-11-10-14-26(30)36(41)43)28-19-27(22(2)3)31(44-5)16-23(28)4/h7-20,22H,6,21H2,1-5H3,(H,39,42). The molecule has 0 fully saturated rings. The predicted octanol–water partition coefficient (Wildman–Crippen LogP) is 7.56. The summed E-state index contributed by atoms with van der Waals surface area (Å²) >= 11 is 3.56. The highest BCUT2D eigenvalue weighted by Crippen LogP contribution is 2.37. The molecule has 0 aliphatic rings. The summed E-state index contributed by atoms with van der Waals surface area (Å²) < 4.78 is 19.3. The SMILES string of the molecule is CCOc1cc(C=Nn2c(-c3cc(C(C)C)c(OC)cc3C)nc3ccccc3c2=O)cc(Br)c1OCC(=O)Nc1ccccc1. The van der Waals surface area contributed by atoms with Gasteiger partial charge in [-0.15, -0.1) is 0 Å². The first-order valence-corrected chi connectivity index (χ1v) is 15.7. The Morgan fingerprint density at radius 1 is 1.02 bits per heavy atom. The van der Waals surface area contributed by atoms with Gasteiger partial charge in [0, 0.05) is 11.3 Å². The zero-order chi connectivity index (χ0) is 32.8. The third-order valence-corrected chi connectivity index (χ3v) is 7.84. The Morgan fingerprint density at radius 3 is 2.48 bits per heavy atom. The highest BCUT2D eigenvalue weighted by Gasteiger charge is 2.19. The molecule has 236 valence electrons. The van der Waals surface area contributed by atoms with E-state index in [0.29, 0.717) is 50.6 Å². The van der Waals surface area contributed by atoms with Crippen LogP contribution in [0.2, 0.25) is 0 Å². The van der Waals surface area contributed by atoms with Crippen molar-refractivity contribution in [3.8, 4) is 28.6 Å². The summed E-state index contributed by atoms with van der Waals surface area (Å²) in [4.78, 5) is 31.3. The van der Waals surface area contributed by atoms with Gasteiger partial charge in [-0.05, 0) is 101 Å². The van der Waals surface area contributed by atoms with E-state index in [0.717, 1.165) is 22.4 Å². The van der Waals surface area contributed by atoms with E-state index >= 15 is 0 Å². The molecule has 1 heterocycles. The molecule has 10 heteroatoms. The van der Waals surface area contributed by atoms with Crippen molar-refractivity contribution in [2.75, 3.05) is 25.6 Å². The second-order valence-electron chi connectivity index (χ2n) is 10.8. The Hall–Kier alpha value is -4.96. The van der Waals surface area contributed by atoms with Crippen LogP contribution in [0.1, 0.15) is 43.4 Å². The fourth-order valence-corrected chi connectivity index (χ4v) is 5.59. The van der Waals surface area contributed by atoms with E-state index in [4.69, 9.17) is 19.2 Å². The number of fused-ring (bicyclic) bond motifs is 1. The summed E-state index contributed by atoms with van der Waals surface area (Å²) in [6, 6.07) is 23.9. The molecule has 5 rings (SSSR count). The molecule has 0 radical (unpaired) electrons. The van der Waals surface area contributed by atoms with Gasteiger partial charge in [-0.25, -0.2) is 4.98 Å². The zero-order valence-corrected chi connectivity index (χ0v) is 27.9. The van der Waals surface area contributed by atoms with Crippen LogP contribution in [-0.4, -0.2) is 42.1 Å². The lowest BCUT2D eigenvalue weighted by Crippen LogP contribution is -2.21. The minimum absolute atomic E-state index is 0.179. The van der Waals surface area contributed by atoms with Crippen molar-refractivity contribution in [3.63, 3.8) is 0 Å². The van der Waals surface area contributed by atoms with E-state index in [9.17, 15) is 9.59 Å². The third kappa shape index (κ3) is 7.13. The quantitative estimate of drug-likeness (QED) is 0.144. The van der Waals surface area contributed by atoms with Gasteiger partial charge < -0.3 is 19.5 Å². The normalized spacial score (nSPS) is 11.3. The molecule has 0 bridgehead atoms. The Balaban J connectivity index is 1.53. The van der Waals surface area contributed by atoms with E-state index in [2.05, 4.69) is 40.2 Å². The maximum atomic E-state index is 13.9. The molecule has 0 atom stereocenters. The van der Waals surface area contributed by atoms with Crippen molar-refractivity contribution in [2.24, 2.45) is 5.10 Å². The van der Waals surface area contributed by atoms with Crippen LogP contribution in [0, 0.1) is 6.92 Å². The first kappa shape index (κ1) is 32.4. The number of hydrogen-bond acceptors (Lipinski definition) is 7. The van der Waals surface area contributed by atoms with Crippen LogP contribution in [-0.2, 0) is 4.79 Å². The summed E-state index contributed by atoms with van der Waals surface area (Å²) in [5.74, 6) is 1.86. The summed E-state index contributed by atoms with van der Waals surface area (Å²) in [5, 5.41) is 7.91. The van der Waals surface area contributed by atoms with Gasteiger partial charge >= 0.3 is 0 Å². The molecule has 1 N–H and O–H groups in total. The molecule has 4 aromatic carbocycles. The molecule has 9 nitrogen and oxygen atoms in total. The van der Waals surface area contributed by atoms with Gasteiger partial charge in [-0.2, -0.15) is 9.78 Å². The monoisotopic (exact) mass is 682 g/mol. The number of amides is 1. The lowest BCUT2D eigenvalue weighted by atomic mass is 9.96. The number of hydrogen-bond donors (Lipinski definition) is 1. The molecular weight excluding hydrogens is 648 g/mol. The number of halogens is 1. The molecule has 5 aromatic rings. The number of nitrogens with one attached hydrogen (secondary N) is 1. The smallest absolute Gasteiger partial charge is 0.282 e. The van der Waals surface area contributed by atoms with Crippen LogP contribution >= 0.6 is 15.9 Å². The first-order valence-electron chi connectivity index (χ1n) is 14.9. The second kappa shape index (κ2) is 14.4. The average molecular weight is 684 g/mol. The van der Waals surface area contributed by atoms with Crippen LogP contribution in [0.15, 0.2) is 93.2 Å². The number of anilines is 1. The number of para-hydroxylation sites is 2. The van der Waals surface area contributed by atoms with E-state index in [1.807, 2.05) is 56.3 Å². The van der Waals surface area contributed by atoms with Crippen molar-refractivity contribution in [3.05, 3.63) is 110 Å². The number of carbonyl (C=O) groups is 1. The number of aryl methyl sites for hydroxylation is 1. The van der Waals surface area contributed by atoms with Crippen LogP contribution in [0.4, 0.5) is 5.69 Å². The molecule has 0 saturated carbocycles. The molecule has 1 amide bonds. The average Bonchev–Trinajstić information content (AvgIpc) is 3.04. The number of rotatable bonds is 11. The van der Waals surface area contributed by atoms with Crippen molar-refractivity contribution in [1.82, 2.24) is 9.66 Å². The summed E-state index contributed by atoms with van der Waals surface area (Å²) in [5.41, 5.74) is 4.26. The van der Waals surface area contributed by atoms with Crippen LogP contribution in [0.25, 0.3) is 22.3 Å². The number of aromatic nitrogens is 2. The molecule has 0 spiro atoms. The van der Waals surface area contributed by atoms with Crippen molar-refractivity contribution < 1.29 is 19.0 Å². The van der Waals surface area contributed by atoms with Gasteiger partial charge in [0.05, 0.1) is 35.3 Å². The van der Waals surface area contributed by atoms with E-state index in [-0.39, 0.29) is 24.0 Å². The lowest BCUT2D eigenvalue weighted by molar-refractivity contribution is -0.118. The van der Waals surface area contributed by atoms with Gasteiger partial charge in [0.25, 0.3) is 11.5 Å². The highest BCUT2D eigenvalue weighted by atomic mass is 79.9. The fourth-order valence-electron chi connectivity index (χ4n) is 5.02. The number of nitrogens with zero attached hydrogens (tertiary/aromatic N) is 3. The van der Waals surface area contributed by atoms with Gasteiger partial charge in [-0.1, -0.05) is 44.2 Å². The number of ether oxygens (including phenoxy) is 3. The van der Waals surface area contributed by atoms with E-state index in [1.165, 1.54) is 4.68 Å². The topological polar surface area (TPSA) is 104 Å². The van der Waals surface area contributed by atoms with Crippen molar-refractivity contribution in [2.45, 2.75) is 33.6 Å². The summed E-state index contributed by atoms with van der Waals surface area (Å²) in [7, 11) is 1.65. The largest absolute Gasteiger partial charge is 0.496 e. The number of carbonyl (C=O) groups excluding carboxylic acids is 1. The van der Waals surface area contributed by atoms with E-state index in [1.54, 1.807) is 49.7 Å². The molecule has 1 aromatic heterocycles. The molecule has 0 saturated heterocycles. The maximum absolute atomic E-state index is 13.9. The number of methoxy groups -OCH3 is 1. The fraction of sp³-hybridized carbons (Fsp3) is 0.222. The lowest BCUT2D eigenvalue weighted by Gasteiger charge is -2.17. The Labute approximate surface area is 276 Å². The summed E-state index contributed by atoms with van der Waals surface area (Å²) in [6.45, 7) is 8.14. The van der Waals surface area contributed by atoms with Crippen LogP contribution in [0.5, 0.6) is 17.2 Å². The summed E-state index contributed by atoms with van der Waals surface area (Å²) in [6.07, 6.45) is 1.57. The minimum atomic E-state index is -0.309. The van der Waals surface area contributed by atoms with Gasteiger partial charge in [0.15, 0.2) is 23.9 Å². The Kier molecular flexibility index (Phi) is 10.2. The predicted molar refractivity (Wildman–Crippen MR) is 186 cm³/mol. The maximum Gasteiger partial charge on any atom is 0.282 e.